The van der Waals surface area contributed by atoms with Crippen LogP contribution in [0.5, 0.6) is 5.75 Å². The Labute approximate surface area is 73.1 Å². The van der Waals surface area contributed by atoms with Gasteiger partial charge >= 0.3 is 8.25 Å². The quantitative estimate of drug-likeness (QED) is 0.802. The lowest BCUT2D eigenvalue weighted by molar-refractivity contribution is 0.409. The molecule has 0 aromatic heterocycles. The summed E-state index contributed by atoms with van der Waals surface area (Å²) < 4.78 is 15.5. The van der Waals surface area contributed by atoms with Crippen molar-refractivity contribution < 1.29 is 14.0 Å². The van der Waals surface area contributed by atoms with Crippen LogP contribution in [0, 0.1) is 0 Å². The van der Waals surface area contributed by atoms with Crippen LogP contribution in [0.4, 0.5) is 0 Å². The smallest absolute Gasteiger partial charge is 0.365 e. The SMILES string of the molecule is O=[PH](O)Oc1ccccc1Br. The Bertz CT molecular complexity index is 276. The lowest BCUT2D eigenvalue weighted by atomic mass is 10.3. The monoisotopic (exact) mass is 236 g/mol. The minimum Gasteiger partial charge on any atom is -0.425 e. The van der Waals surface area contributed by atoms with Crippen molar-refractivity contribution in [3.8, 4) is 5.75 Å². The maximum Gasteiger partial charge on any atom is 0.365 e. The highest BCUT2D eigenvalue weighted by Crippen LogP contribution is 2.30. The summed E-state index contributed by atoms with van der Waals surface area (Å²) in [5.41, 5.74) is 0. The van der Waals surface area contributed by atoms with E-state index in [-0.39, 0.29) is 0 Å². The van der Waals surface area contributed by atoms with Gasteiger partial charge in [0.05, 0.1) is 4.47 Å². The third-order valence-electron chi connectivity index (χ3n) is 1.03. The standard InChI is InChI=1S/C6H6BrO3P/c7-5-3-1-2-4-6(5)10-11(8)9/h1-4,11H,(H,8,9). The van der Waals surface area contributed by atoms with Gasteiger partial charge in [0.15, 0.2) is 0 Å². The second kappa shape index (κ2) is 3.90. The number of hydrogen-bond acceptors (Lipinski definition) is 2. The topological polar surface area (TPSA) is 46.5 Å². The molecule has 0 saturated heterocycles. The predicted octanol–water partition coefficient (Wildman–Crippen LogP) is 2.21. The van der Waals surface area contributed by atoms with Crippen LogP contribution < -0.4 is 4.52 Å². The first kappa shape index (κ1) is 8.78. The molecule has 0 heterocycles. The van der Waals surface area contributed by atoms with Crippen LogP contribution in [0.1, 0.15) is 0 Å². The van der Waals surface area contributed by atoms with E-state index in [1.54, 1.807) is 24.3 Å². The second-order valence-electron chi connectivity index (χ2n) is 1.80. The van der Waals surface area contributed by atoms with Crippen molar-refractivity contribution in [2.45, 2.75) is 0 Å². The molecule has 5 heteroatoms. The third kappa shape index (κ3) is 2.66. The first-order valence-electron chi connectivity index (χ1n) is 2.85. The summed E-state index contributed by atoms with van der Waals surface area (Å²) in [4.78, 5) is 8.43. The molecule has 0 radical (unpaired) electrons. The van der Waals surface area contributed by atoms with Gasteiger partial charge in [-0.2, -0.15) is 0 Å². The Hall–Kier alpha value is -0.310. The van der Waals surface area contributed by atoms with Crippen molar-refractivity contribution in [2.24, 2.45) is 0 Å². The second-order valence-corrected chi connectivity index (χ2v) is 3.39. The molecule has 11 heavy (non-hydrogen) atoms. The minimum atomic E-state index is -2.89. The van der Waals surface area contributed by atoms with Crippen molar-refractivity contribution in [3.63, 3.8) is 0 Å². The Morgan fingerprint density at radius 1 is 1.45 bits per heavy atom. The van der Waals surface area contributed by atoms with Crippen LogP contribution in [0.2, 0.25) is 0 Å². The highest BCUT2D eigenvalue weighted by Gasteiger charge is 2.00. The zero-order valence-corrected chi connectivity index (χ0v) is 8.04. The molecular formula is C6H6BrO3P. The number of rotatable bonds is 2. The molecule has 60 valence electrons. The van der Waals surface area contributed by atoms with Gasteiger partial charge in [0.1, 0.15) is 5.75 Å². The summed E-state index contributed by atoms with van der Waals surface area (Å²) in [6.07, 6.45) is 0. The van der Waals surface area contributed by atoms with Gasteiger partial charge in [-0.1, -0.05) is 12.1 Å². The van der Waals surface area contributed by atoms with E-state index >= 15 is 0 Å². The van der Waals surface area contributed by atoms with Crippen LogP contribution in [0.15, 0.2) is 28.7 Å². The van der Waals surface area contributed by atoms with Gasteiger partial charge in [0, 0.05) is 0 Å². The molecule has 1 atom stereocenters. The van der Waals surface area contributed by atoms with Gasteiger partial charge in [-0.3, -0.25) is 0 Å². The Balaban J connectivity index is 2.86. The lowest BCUT2D eigenvalue weighted by Gasteiger charge is -2.02. The lowest BCUT2D eigenvalue weighted by Crippen LogP contribution is -1.80. The van der Waals surface area contributed by atoms with E-state index in [1.165, 1.54) is 0 Å². The van der Waals surface area contributed by atoms with Gasteiger partial charge in [0.25, 0.3) is 0 Å². The molecule has 0 bridgehead atoms. The maximum absolute atomic E-state index is 10.3. The fraction of sp³-hybridized carbons (Fsp3) is 0. The molecule has 0 aliphatic carbocycles. The fourth-order valence-corrected chi connectivity index (χ4v) is 1.50. The molecule has 0 spiro atoms. The fourth-order valence-electron chi connectivity index (χ4n) is 0.622. The van der Waals surface area contributed by atoms with Crippen LogP contribution in [0.25, 0.3) is 0 Å². The van der Waals surface area contributed by atoms with E-state index in [1.807, 2.05) is 0 Å². The largest absolute Gasteiger partial charge is 0.425 e. The molecule has 0 saturated carbocycles. The number of para-hydroxylation sites is 1. The van der Waals surface area contributed by atoms with Crippen LogP contribution in [-0.2, 0) is 4.57 Å². The van der Waals surface area contributed by atoms with E-state index in [0.29, 0.717) is 10.2 Å². The van der Waals surface area contributed by atoms with Crippen LogP contribution >= 0.6 is 24.2 Å². The highest BCUT2D eigenvalue weighted by atomic mass is 79.9. The summed E-state index contributed by atoms with van der Waals surface area (Å²) >= 11 is 3.17. The van der Waals surface area contributed by atoms with Crippen molar-refractivity contribution in [2.75, 3.05) is 0 Å². The van der Waals surface area contributed by atoms with Gasteiger partial charge < -0.3 is 9.42 Å². The van der Waals surface area contributed by atoms with E-state index < -0.39 is 8.25 Å². The highest BCUT2D eigenvalue weighted by molar-refractivity contribution is 9.10. The summed E-state index contributed by atoms with van der Waals surface area (Å²) in [7, 11) is -2.89. The summed E-state index contributed by atoms with van der Waals surface area (Å²) in [6, 6.07) is 6.87. The molecule has 1 aromatic carbocycles. The van der Waals surface area contributed by atoms with Crippen molar-refractivity contribution in [1.29, 1.82) is 0 Å². The van der Waals surface area contributed by atoms with Gasteiger partial charge in [0.2, 0.25) is 0 Å². The predicted molar refractivity (Wildman–Crippen MR) is 46.0 cm³/mol. The van der Waals surface area contributed by atoms with E-state index in [0.717, 1.165) is 0 Å². The van der Waals surface area contributed by atoms with Gasteiger partial charge in [-0.15, -0.1) is 0 Å². The molecule has 3 nitrogen and oxygen atoms in total. The summed E-state index contributed by atoms with van der Waals surface area (Å²) in [6.45, 7) is 0. The molecule has 0 aliphatic heterocycles. The van der Waals surface area contributed by atoms with Crippen molar-refractivity contribution in [3.05, 3.63) is 28.7 Å². The molecule has 1 rings (SSSR count). The maximum atomic E-state index is 10.3. The Kier molecular flexibility index (Phi) is 3.12. The molecule has 1 aromatic rings. The van der Waals surface area contributed by atoms with E-state index in [9.17, 15) is 4.57 Å². The summed E-state index contributed by atoms with van der Waals surface area (Å²) in [5.74, 6) is 0.388. The molecular weight excluding hydrogens is 231 g/mol. The van der Waals surface area contributed by atoms with Gasteiger partial charge in [-0.05, 0) is 28.1 Å². The summed E-state index contributed by atoms with van der Waals surface area (Å²) in [5, 5.41) is 0. The van der Waals surface area contributed by atoms with Crippen molar-refractivity contribution >= 4 is 24.2 Å². The van der Waals surface area contributed by atoms with E-state index in [2.05, 4.69) is 20.5 Å². The van der Waals surface area contributed by atoms with Crippen LogP contribution in [-0.4, -0.2) is 4.89 Å². The Morgan fingerprint density at radius 3 is 2.64 bits per heavy atom. The van der Waals surface area contributed by atoms with E-state index in [4.69, 9.17) is 4.89 Å². The molecule has 0 aliphatic rings. The number of benzene rings is 1. The molecule has 1 unspecified atom stereocenters. The minimum absolute atomic E-state index is 0.388. The van der Waals surface area contributed by atoms with Crippen LogP contribution in [0.3, 0.4) is 0 Å². The first-order chi connectivity index (χ1) is 5.20. The van der Waals surface area contributed by atoms with Gasteiger partial charge in [-0.25, -0.2) is 4.57 Å². The number of halogens is 1. The zero-order chi connectivity index (χ0) is 8.27. The number of hydrogen-bond donors (Lipinski definition) is 1. The third-order valence-corrected chi connectivity index (χ3v) is 2.08. The first-order valence-corrected chi connectivity index (χ1v) is 4.91. The zero-order valence-electron chi connectivity index (χ0n) is 5.45. The molecule has 0 fully saturated rings. The average molecular weight is 237 g/mol. The van der Waals surface area contributed by atoms with Crippen molar-refractivity contribution in [1.82, 2.24) is 0 Å². The molecule has 0 amide bonds. The average Bonchev–Trinajstić information content (AvgIpc) is 1.93. The normalized spacial score (nSPS) is 12.5. The molecule has 1 N–H and O–H groups in total. The Morgan fingerprint density at radius 2 is 2.09 bits per heavy atom.